The van der Waals surface area contributed by atoms with Gasteiger partial charge in [-0.2, -0.15) is 0 Å². The molecule has 0 fully saturated rings. The summed E-state index contributed by atoms with van der Waals surface area (Å²) < 4.78 is 33.2. The molecule has 10 heteroatoms. The molecule has 0 spiro atoms. The molecule has 0 radical (unpaired) electrons. The molecule has 0 aromatic rings. The van der Waals surface area contributed by atoms with Crippen LogP contribution in [0.5, 0.6) is 0 Å². The highest BCUT2D eigenvalue weighted by Gasteiger charge is 2.26. The third-order valence-electron chi connectivity index (χ3n) is 16.0. The lowest BCUT2D eigenvalue weighted by Crippen LogP contribution is -2.29. The fraction of sp³-hybridized carbons (Fsp3) is 0.861. The lowest BCUT2D eigenvalue weighted by Gasteiger charge is -2.19. The summed E-state index contributed by atoms with van der Waals surface area (Å²) in [6, 6.07) is 0. The van der Waals surface area contributed by atoms with Crippen LogP contribution in [0.25, 0.3) is 0 Å². The number of ether oxygens (including phenoxy) is 2. The quantitative estimate of drug-likeness (QED) is 0.0264. The van der Waals surface area contributed by atoms with Gasteiger partial charge in [-0.15, -0.1) is 0 Å². The van der Waals surface area contributed by atoms with Crippen LogP contribution in [0.1, 0.15) is 367 Å². The van der Waals surface area contributed by atoms with Gasteiger partial charge in [0.15, 0.2) is 6.10 Å². The molecule has 0 saturated heterocycles. The molecule has 482 valence electrons. The number of hydrogen-bond acceptors (Lipinski definition) is 8. The molecule has 9 nitrogen and oxygen atoms in total. The summed E-state index contributed by atoms with van der Waals surface area (Å²) in [5.74, 6) is -0.807. The Morgan fingerprint density at radius 3 is 1.00 bits per heavy atom. The molecule has 0 aliphatic heterocycles. The number of carbonyl (C=O) groups is 2. The van der Waals surface area contributed by atoms with Crippen LogP contribution < -0.4 is 5.73 Å². The van der Waals surface area contributed by atoms with Crippen molar-refractivity contribution in [1.29, 1.82) is 0 Å². The normalized spacial score (nSPS) is 13.2. The third-order valence-corrected chi connectivity index (χ3v) is 17.0. The molecule has 3 N–H and O–H groups in total. The Morgan fingerprint density at radius 2 is 0.671 bits per heavy atom. The number of phosphoric acid groups is 1. The maximum atomic E-state index is 12.8. The molecular weight excluding hydrogens is 1040 g/mol. The second-order valence-corrected chi connectivity index (χ2v) is 25.5. The van der Waals surface area contributed by atoms with Gasteiger partial charge in [-0.05, 0) is 51.4 Å². The van der Waals surface area contributed by atoms with E-state index in [1.165, 1.54) is 270 Å². The second kappa shape index (κ2) is 68.1. The van der Waals surface area contributed by atoms with Crippen LogP contribution in [0.15, 0.2) is 48.6 Å². The minimum Gasteiger partial charge on any atom is -0.462 e. The largest absolute Gasteiger partial charge is 0.472 e. The van der Waals surface area contributed by atoms with E-state index in [4.69, 9.17) is 24.3 Å². The average molecular weight is 1170 g/mol. The first-order chi connectivity index (χ1) is 40.3. The van der Waals surface area contributed by atoms with E-state index in [1.807, 2.05) is 0 Å². The lowest BCUT2D eigenvalue weighted by molar-refractivity contribution is -0.161. The van der Waals surface area contributed by atoms with Crippen molar-refractivity contribution in [3.05, 3.63) is 48.6 Å². The molecule has 0 heterocycles. The highest BCUT2D eigenvalue weighted by atomic mass is 31.2. The summed E-state index contributed by atoms with van der Waals surface area (Å²) in [4.78, 5) is 35.4. The number of carbonyl (C=O) groups excluding carboxylic acids is 2. The summed E-state index contributed by atoms with van der Waals surface area (Å²) in [5.41, 5.74) is 5.40. The zero-order chi connectivity index (χ0) is 59.4. The average Bonchev–Trinajstić information content (AvgIpc) is 3.48. The van der Waals surface area contributed by atoms with Gasteiger partial charge in [0.05, 0.1) is 13.2 Å². The summed E-state index contributed by atoms with van der Waals surface area (Å²) in [6.07, 6.45) is 86.5. The molecule has 0 amide bonds. The maximum Gasteiger partial charge on any atom is 0.472 e. The maximum absolute atomic E-state index is 12.8. The molecule has 2 atom stereocenters. The van der Waals surface area contributed by atoms with Gasteiger partial charge < -0.3 is 20.1 Å². The van der Waals surface area contributed by atoms with Crippen LogP contribution >= 0.6 is 7.82 Å². The Kier molecular flexibility index (Phi) is 66.4. The Labute approximate surface area is 508 Å². The van der Waals surface area contributed by atoms with Crippen LogP contribution in [0.4, 0.5) is 0 Å². The van der Waals surface area contributed by atoms with Crippen LogP contribution in [0.3, 0.4) is 0 Å². The smallest absolute Gasteiger partial charge is 0.462 e. The molecule has 0 aliphatic carbocycles. The van der Waals surface area contributed by atoms with E-state index in [9.17, 15) is 19.0 Å². The van der Waals surface area contributed by atoms with Gasteiger partial charge in [0, 0.05) is 19.4 Å². The minimum atomic E-state index is -4.39. The van der Waals surface area contributed by atoms with Crippen molar-refractivity contribution in [2.75, 3.05) is 26.4 Å². The summed E-state index contributed by atoms with van der Waals surface area (Å²) >= 11 is 0. The van der Waals surface area contributed by atoms with Crippen LogP contribution in [-0.4, -0.2) is 49.3 Å². The summed E-state index contributed by atoms with van der Waals surface area (Å²) in [5, 5.41) is 0. The molecule has 0 aromatic carbocycles. The van der Waals surface area contributed by atoms with Gasteiger partial charge in [0.2, 0.25) is 0 Å². The number of allylic oxidation sites excluding steroid dienone is 8. The van der Waals surface area contributed by atoms with Crippen molar-refractivity contribution < 1.29 is 37.6 Å². The molecule has 0 saturated carbocycles. The highest BCUT2D eigenvalue weighted by molar-refractivity contribution is 7.47. The van der Waals surface area contributed by atoms with Crippen LogP contribution in [-0.2, 0) is 32.7 Å². The summed E-state index contributed by atoms with van der Waals surface area (Å²) in [7, 11) is -4.39. The predicted molar refractivity (Wildman–Crippen MR) is 353 cm³/mol. The number of esters is 2. The fourth-order valence-corrected chi connectivity index (χ4v) is 11.5. The van der Waals surface area contributed by atoms with Gasteiger partial charge in [0.25, 0.3) is 0 Å². The zero-order valence-corrected chi connectivity index (χ0v) is 55.1. The number of rotatable bonds is 68. The molecule has 0 aromatic heterocycles. The van der Waals surface area contributed by atoms with Gasteiger partial charge in [-0.3, -0.25) is 18.6 Å². The van der Waals surface area contributed by atoms with Crippen LogP contribution in [0, 0.1) is 0 Å². The molecule has 0 aliphatic rings. The Hall–Kier alpha value is -2.03. The first kappa shape index (κ1) is 80.0. The van der Waals surface area contributed by atoms with E-state index in [-0.39, 0.29) is 38.6 Å². The highest BCUT2D eigenvalue weighted by Crippen LogP contribution is 2.43. The lowest BCUT2D eigenvalue weighted by atomic mass is 10.0. The van der Waals surface area contributed by atoms with Crippen molar-refractivity contribution in [2.45, 2.75) is 373 Å². The summed E-state index contributed by atoms with van der Waals surface area (Å²) in [6.45, 7) is 3.70. The standard InChI is InChI=1S/C72H136NO8P/c1-3-5-7-9-11-13-15-17-19-21-23-25-27-29-31-33-34-35-37-38-40-42-44-46-48-50-52-54-56-58-60-62-64-71(74)78-68-70(69-80-82(76,77)79-67-66-73)81-72(75)65-63-61-59-57-55-53-51-49-47-45-43-41-39-36-32-30-28-26-24-22-20-18-16-14-12-10-8-6-4-2/h6,8,12,14,18,20,24,26,70H,3-5,7,9-11,13,15-17,19,21-23,25,27-69,73H2,1-2H3,(H,76,77)/b8-6-,14-12-,20-18-,26-24-. The van der Waals surface area contributed by atoms with Crippen molar-refractivity contribution in [3.8, 4) is 0 Å². The van der Waals surface area contributed by atoms with E-state index >= 15 is 0 Å². The topological polar surface area (TPSA) is 134 Å². The molecule has 0 rings (SSSR count). The monoisotopic (exact) mass is 1170 g/mol. The third kappa shape index (κ3) is 67.1. The molecule has 82 heavy (non-hydrogen) atoms. The van der Waals surface area contributed by atoms with E-state index in [2.05, 4.69) is 62.5 Å². The molecule has 2 unspecified atom stereocenters. The van der Waals surface area contributed by atoms with Crippen LogP contribution in [0.2, 0.25) is 0 Å². The van der Waals surface area contributed by atoms with Gasteiger partial charge in [0.1, 0.15) is 6.61 Å². The van der Waals surface area contributed by atoms with E-state index in [0.29, 0.717) is 6.42 Å². The first-order valence-electron chi connectivity index (χ1n) is 35.6. The molecular formula is C72H136NO8P. The van der Waals surface area contributed by atoms with Crippen molar-refractivity contribution in [1.82, 2.24) is 0 Å². The fourth-order valence-electron chi connectivity index (χ4n) is 10.8. The van der Waals surface area contributed by atoms with Crippen molar-refractivity contribution in [3.63, 3.8) is 0 Å². The van der Waals surface area contributed by atoms with E-state index < -0.39 is 26.5 Å². The Balaban J connectivity index is 3.81. The first-order valence-corrected chi connectivity index (χ1v) is 37.1. The Morgan fingerprint density at radius 1 is 0.378 bits per heavy atom. The SMILES string of the molecule is CC/C=C\C/C=C\C/C=C\C/C=C\CCCCCCCCCCCCCCCCCCC(=O)OC(COC(=O)CCCCCCCCCCCCCCCCCCCCCCCCCCCCCCCCCC)COP(=O)(O)OCCN. The molecule has 0 bridgehead atoms. The minimum absolute atomic E-state index is 0.0551. The van der Waals surface area contributed by atoms with E-state index in [0.717, 1.165) is 64.2 Å². The number of phosphoric ester groups is 1. The predicted octanol–water partition coefficient (Wildman–Crippen LogP) is 23.3. The second-order valence-electron chi connectivity index (χ2n) is 24.1. The van der Waals surface area contributed by atoms with Crippen molar-refractivity contribution in [2.24, 2.45) is 5.73 Å². The Bertz CT molecular complexity index is 1480. The van der Waals surface area contributed by atoms with Gasteiger partial charge in [-0.25, -0.2) is 4.57 Å². The van der Waals surface area contributed by atoms with E-state index in [1.54, 1.807) is 0 Å². The number of unbranched alkanes of at least 4 members (excludes halogenated alkanes) is 47. The van der Waals surface area contributed by atoms with Gasteiger partial charge >= 0.3 is 19.8 Å². The zero-order valence-electron chi connectivity index (χ0n) is 54.2. The van der Waals surface area contributed by atoms with Gasteiger partial charge in [-0.1, -0.05) is 351 Å². The van der Waals surface area contributed by atoms with Crippen molar-refractivity contribution >= 4 is 19.8 Å². The number of hydrogen-bond donors (Lipinski definition) is 2. The number of nitrogens with two attached hydrogens (primary N) is 1.